The lowest BCUT2D eigenvalue weighted by molar-refractivity contribution is -0.148. The number of aliphatic hydroxyl groups is 1. The molecule has 0 radical (unpaired) electrons. The van der Waals surface area contributed by atoms with Crippen molar-refractivity contribution in [2.24, 2.45) is 17.8 Å². The molecule has 37 heavy (non-hydrogen) atoms. The van der Waals surface area contributed by atoms with Crippen LogP contribution in [0.3, 0.4) is 0 Å². The van der Waals surface area contributed by atoms with Crippen molar-refractivity contribution in [1.29, 1.82) is 0 Å². The topological polar surface area (TPSA) is 81.2 Å². The van der Waals surface area contributed by atoms with Gasteiger partial charge in [0.05, 0.1) is 29.2 Å². The van der Waals surface area contributed by atoms with Gasteiger partial charge in [-0.05, 0) is 45.4 Å². The molecule has 0 aromatic rings. The summed E-state index contributed by atoms with van der Waals surface area (Å²) in [6, 6.07) is -1.19. The molecule has 0 saturated carbocycles. The summed E-state index contributed by atoms with van der Waals surface area (Å²) in [5, 5.41) is 10.5. The number of hydrogen-bond donors (Lipinski definition) is 1. The molecule has 0 aliphatic carbocycles. The number of thioether (sulfide) groups is 1. The number of hydrogen-bond acceptors (Lipinski definition) is 5. The summed E-state index contributed by atoms with van der Waals surface area (Å²) < 4.78 is -1.10. The third-order valence-corrected chi connectivity index (χ3v) is 10.7. The average molecular weight is 534 g/mol. The summed E-state index contributed by atoms with van der Waals surface area (Å²) in [7, 11) is 1.75. The zero-order valence-corrected chi connectivity index (χ0v) is 24.4. The Morgan fingerprint density at radius 1 is 1.19 bits per heavy atom. The molecule has 3 unspecified atom stereocenters. The van der Waals surface area contributed by atoms with Crippen LogP contribution in [0, 0.1) is 17.8 Å². The van der Waals surface area contributed by atoms with Crippen LogP contribution in [0.1, 0.15) is 66.7 Å². The number of likely N-dealkylation sites (tertiary alicyclic amines) is 1. The van der Waals surface area contributed by atoms with Gasteiger partial charge >= 0.3 is 0 Å². The van der Waals surface area contributed by atoms with E-state index >= 15 is 0 Å². The van der Waals surface area contributed by atoms with Crippen LogP contribution in [0.4, 0.5) is 0 Å². The minimum absolute atomic E-state index is 0.00378. The molecular weight excluding hydrogens is 486 g/mol. The van der Waals surface area contributed by atoms with Crippen LogP contribution in [0.5, 0.6) is 0 Å². The fraction of sp³-hybridized carbons (Fsp3) is 0.759. The largest absolute Gasteiger partial charge is 0.394 e. The van der Waals surface area contributed by atoms with Gasteiger partial charge in [0.25, 0.3) is 0 Å². The number of fused-ring (bicyclic) bond motifs is 1. The normalized spacial score (nSPS) is 31.8. The molecule has 1 N–H and O–H groups in total. The van der Waals surface area contributed by atoms with Gasteiger partial charge in [-0.3, -0.25) is 14.4 Å². The summed E-state index contributed by atoms with van der Waals surface area (Å²) in [6.45, 7) is 18.6. The molecule has 0 aromatic carbocycles. The molecular formula is C29H47N3O4S. The summed E-state index contributed by atoms with van der Waals surface area (Å²) >= 11 is 1.68. The first-order chi connectivity index (χ1) is 17.4. The third kappa shape index (κ3) is 5.00. The molecule has 1 spiro atoms. The van der Waals surface area contributed by atoms with Crippen molar-refractivity contribution >= 4 is 29.5 Å². The molecule has 3 saturated heterocycles. The van der Waals surface area contributed by atoms with E-state index in [1.165, 1.54) is 0 Å². The fourth-order valence-electron chi connectivity index (χ4n) is 7.11. The molecule has 0 aromatic heterocycles. The van der Waals surface area contributed by atoms with Crippen molar-refractivity contribution in [3.8, 4) is 0 Å². The second kappa shape index (κ2) is 11.5. The van der Waals surface area contributed by atoms with E-state index in [9.17, 15) is 19.5 Å². The number of nitrogens with zero attached hydrogens (tertiary/aromatic N) is 3. The average Bonchev–Trinajstić information content (AvgIpc) is 3.41. The van der Waals surface area contributed by atoms with Crippen molar-refractivity contribution in [2.75, 3.05) is 26.7 Å². The Bertz CT molecular complexity index is 910. The van der Waals surface area contributed by atoms with Crippen LogP contribution in [0.25, 0.3) is 0 Å². The van der Waals surface area contributed by atoms with Crippen LogP contribution in [0.2, 0.25) is 0 Å². The minimum Gasteiger partial charge on any atom is -0.394 e. The van der Waals surface area contributed by atoms with E-state index in [1.807, 2.05) is 4.90 Å². The van der Waals surface area contributed by atoms with Crippen molar-refractivity contribution in [2.45, 2.75) is 94.3 Å². The van der Waals surface area contributed by atoms with Crippen LogP contribution >= 0.6 is 11.8 Å². The highest BCUT2D eigenvalue weighted by Gasteiger charge is 2.78. The number of aliphatic hydroxyl groups excluding tert-OH is 1. The summed E-state index contributed by atoms with van der Waals surface area (Å²) in [5.41, 5.74) is 0. The first-order valence-electron chi connectivity index (χ1n) is 13.8. The van der Waals surface area contributed by atoms with Crippen molar-refractivity contribution in [1.82, 2.24) is 14.7 Å². The van der Waals surface area contributed by atoms with Gasteiger partial charge in [-0.1, -0.05) is 39.3 Å². The highest BCUT2D eigenvalue weighted by Crippen LogP contribution is 2.72. The summed E-state index contributed by atoms with van der Waals surface area (Å²) in [5.74, 6) is -1.15. The van der Waals surface area contributed by atoms with E-state index in [4.69, 9.17) is 0 Å². The third-order valence-electron chi connectivity index (χ3n) is 8.69. The lowest BCUT2D eigenvalue weighted by Gasteiger charge is -2.41. The Kier molecular flexibility index (Phi) is 9.26. The maximum absolute atomic E-state index is 14.5. The van der Waals surface area contributed by atoms with Gasteiger partial charge in [0.1, 0.15) is 6.04 Å². The lowest BCUT2D eigenvalue weighted by Crippen LogP contribution is -2.59. The van der Waals surface area contributed by atoms with Gasteiger partial charge in [-0.15, -0.1) is 24.9 Å². The lowest BCUT2D eigenvalue weighted by atomic mass is 9.66. The molecule has 3 aliphatic heterocycles. The van der Waals surface area contributed by atoms with Crippen molar-refractivity contribution < 1.29 is 19.5 Å². The van der Waals surface area contributed by atoms with E-state index < -0.39 is 33.4 Å². The number of carbonyl (C=O) groups is 3. The molecule has 8 heteroatoms. The van der Waals surface area contributed by atoms with Crippen LogP contribution in [-0.2, 0) is 14.4 Å². The van der Waals surface area contributed by atoms with Gasteiger partial charge in [-0.25, -0.2) is 0 Å². The predicted molar refractivity (Wildman–Crippen MR) is 150 cm³/mol. The van der Waals surface area contributed by atoms with Gasteiger partial charge in [0, 0.05) is 30.9 Å². The summed E-state index contributed by atoms with van der Waals surface area (Å²) in [6.07, 6.45) is 7.30. The number of rotatable bonds is 13. The maximum Gasteiger partial charge on any atom is 0.247 e. The summed E-state index contributed by atoms with van der Waals surface area (Å²) in [4.78, 5) is 47.9. The highest BCUT2D eigenvalue weighted by atomic mass is 32.2. The van der Waals surface area contributed by atoms with Crippen LogP contribution in [-0.4, -0.2) is 91.9 Å². The Morgan fingerprint density at radius 3 is 2.38 bits per heavy atom. The van der Waals surface area contributed by atoms with Gasteiger partial charge in [0.2, 0.25) is 17.7 Å². The maximum atomic E-state index is 14.5. The van der Waals surface area contributed by atoms with Crippen LogP contribution in [0.15, 0.2) is 25.3 Å². The van der Waals surface area contributed by atoms with Crippen molar-refractivity contribution in [3.63, 3.8) is 0 Å². The van der Waals surface area contributed by atoms with E-state index in [1.54, 1.807) is 40.8 Å². The van der Waals surface area contributed by atoms with Crippen LogP contribution < -0.4 is 0 Å². The monoisotopic (exact) mass is 533 g/mol. The van der Waals surface area contributed by atoms with E-state index in [0.29, 0.717) is 25.9 Å². The molecule has 3 heterocycles. The molecule has 7 atom stereocenters. The molecule has 3 fully saturated rings. The highest BCUT2D eigenvalue weighted by molar-refractivity contribution is 8.02. The Balaban J connectivity index is 2.15. The van der Waals surface area contributed by atoms with E-state index in [-0.39, 0.29) is 36.3 Å². The zero-order valence-electron chi connectivity index (χ0n) is 23.6. The van der Waals surface area contributed by atoms with Crippen molar-refractivity contribution in [3.05, 3.63) is 25.3 Å². The fourth-order valence-corrected chi connectivity index (χ4v) is 9.44. The SMILES string of the molecule is C=CCN(C)C(=O)[C@H]1[C@H]2C(=O)N([C@@H](CO)CC(C)C)C(C(=O)N(CC=C)C(C)CCC)C23CC[C@]1(C)S3. The Hall–Kier alpha value is -1.80. The molecule has 3 amide bonds. The number of amides is 3. The second-order valence-electron chi connectivity index (χ2n) is 11.9. The Labute approximate surface area is 227 Å². The number of likely N-dealkylation sites (N-methyl/N-ethyl adjacent to an activating group) is 1. The van der Waals surface area contributed by atoms with E-state index in [0.717, 1.165) is 19.3 Å². The molecule has 3 rings (SSSR count). The molecule has 7 nitrogen and oxygen atoms in total. The first kappa shape index (κ1) is 29.8. The van der Waals surface area contributed by atoms with Gasteiger partial charge in [-0.2, -0.15) is 0 Å². The smallest absolute Gasteiger partial charge is 0.247 e. The zero-order chi connectivity index (χ0) is 27.7. The van der Waals surface area contributed by atoms with Gasteiger partial charge < -0.3 is 19.8 Å². The quantitative estimate of drug-likeness (QED) is 0.365. The van der Waals surface area contributed by atoms with Gasteiger partial charge in [0.15, 0.2) is 0 Å². The molecule has 208 valence electrons. The predicted octanol–water partition coefficient (Wildman–Crippen LogP) is 3.72. The number of carbonyl (C=O) groups excluding carboxylic acids is 3. The molecule has 3 aliphatic rings. The standard InChI is InChI=1S/C29H47N3O4S/c1-9-12-20(6)31(16-11-3)27(36)24-29-14-13-28(7,37-29)22(25(34)30(8)15-10-2)23(29)26(35)32(24)21(18-33)17-19(4)5/h10-11,19-24,33H,2-3,9,12-18H2,1,4-8H3/t20?,21-,22-,23+,24?,28+,29?/m1/s1. The minimum atomic E-state index is -0.713. The molecule has 2 bridgehead atoms. The Morgan fingerprint density at radius 2 is 1.84 bits per heavy atom. The first-order valence-corrected chi connectivity index (χ1v) is 14.7. The second-order valence-corrected chi connectivity index (χ2v) is 13.8. The van der Waals surface area contributed by atoms with E-state index in [2.05, 4.69) is 47.8 Å².